The van der Waals surface area contributed by atoms with Crippen LogP contribution in [0.2, 0.25) is 0 Å². The van der Waals surface area contributed by atoms with E-state index in [2.05, 4.69) is 5.32 Å². The van der Waals surface area contributed by atoms with Crippen LogP contribution < -0.4 is 22.4 Å². The zero-order chi connectivity index (χ0) is 36.3. The van der Waals surface area contributed by atoms with Crippen LogP contribution in [0, 0.1) is 6.92 Å². The Morgan fingerprint density at radius 3 is 2.31 bits per heavy atom. The van der Waals surface area contributed by atoms with Gasteiger partial charge in [-0.05, 0) is 65.2 Å². The molecule has 0 radical (unpaired) electrons. The molecule has 1 aromatic heterocycles. The first-order valence-corrected chi connectivity index (χ1v) is 15.2. The molecular weight excluding hydrogens is 630 g/mol. The van der Waals surface area contributed by atoms with Crippen molar-refractivity contribution in [1.82, 2.24) is 15.1 Å². The number of benzene rings is 1. The molecule has 3 heterocycles. The maximum atomic E-state index is 13.6. The van der Waals surface area contributed by atoms with Gasteiger partial charge in [0.25, 0.3) is 5.91 Å². The van der Waals surface area contributed by atoms with Crippen molar-refractivity contribution in [2.24, 2.45) is 11.5 Å². The second-order valence-electron chi connectivity index (χ2n) is 12.3. The number of imide groups is 1. The molecule has 2 saturated heterocycles. The smallest absolute Gasteiger partial charge is 0.341 e. The van der Waals surface area contributed by atoms with Crippen molar-refractivity contribution in [2.45, 2.75) is 89.6 Å². The maximum Gasteiger partial charge on any atom is 0.341 e. The number of amides is 5. The third kappa shape index (κ3) is 6.99. The normalized spacial score (nSPS) is 20.9. The van der Waals surface area contributed by atoms with E-state index in [0.29, 0.717) is 22.5 Å². The van der Waals surface area contributed by atoms with Crippen LogP contribution in [0.3, 0.4) is 0 Å². The van der Waals surface area contributed by atoms with Gasteiger partial charge in [-0.3, -0.25) is 33.7 Å². The number of nitrogens with zero attached hydrogens (tertiary/aromatic N) is 2. The molecule has 0 bridgehead atoms. The largest absolute Gasteiger partial charge is 0.479 e. The average Bonchev–Trinajstić information content (AvgIpc) is 3.50. The van der Waals surface area contributed by atoms with Crippen molar-refractivity contribution >= 4 is 52.3 Å². The fraction of sp³-hybridized carbons (Fsp3) is 0.500. The van der Waals surface area contributed by atoms with Crippen molar-refractivity contribution in [3.63, 3.8) is 0 Å². The molecule has 6 N–H and O–H groups in total. The van der Waals surface area contributed by atoms with E-state index in [1.54, 1.807) is 12.1 Å². The number of carboxylic acids is 1. The molecule has 0 saturated carbocycles. The van der Waals surface area contributed by atoms with Crippen LogP contribution in [0.15, 0.2) is 33.5 Å². The topological polar surface area (TPSA) is 250 Å². The number of methoxy groups -OCH3 is 1. The van der Waals surface area contributed by atoms with Crippen molar-refractivity contribution in [3.05, 3.63) is 45.8 Å². The minimum absolute atomic E-state index is 0.164. The van der Waals surface area contributed by atoms with E-state index in [1.807, 2.05) is 6.92 Å². The van der Waals surface area contributed by atoms with Crippen molar-refractivity contribution < 1.29 is 47.8 Å². The minimum Gasteiger partial charge on any atom is -0.479 e. The zero-order valence-corrected chi connectivity index (χ0v) is 27.7. The summed E-state index contributed by atoms with van der Waals surface area (Å²) in [6.45, 7) is 7.51. The van der Waals surface area contributed by atoms with Crippen molar-refractivity contribution in [1.29, 1.82) is 0 Å². The van der Waals surface area contributed by atoms with Gasteiger partial charge in [-0.2, -0.15) is 0 Å². The van der Waals surface area contributed by atoms with Gasteiger partial charge in [0, 0.05) is 43.5 Å². The molecule has 260 valence electrons. The molecule has 2 aliphatic heterocycles. The molecule has 2 aromatic rings. The lowest BCUT2D eigenvalue weighted by Gasteiger charge is -2.49. The molecule has 16 heteroatoms. The summed E-state index contributed by atoms with van der Waals surface area (Å²) in [6.07, 6.45) is -0.101. The van der Waals surface area contributed by atoms with E-state index in [4.69, 9.17) is 20.6 Å². The number of nitrogens with one attached hydrogen (secondary N) is 1. The summed E-state index contributed by atoms with van der Waals surface area (Å²) in [7, 11) is 1.19. The Bertz CT molecular complexity index is 1720. The number of likely N-dealkylation sites (tertiary alicyclic amines) is 2. The predicted octanol–water partition coefficient (Wildman–Crippen LogP) is -0.00388. The number of aryl methyl sites for hydroxylation is 1. The third-order valence-corrected chi connectivity index (χ3v) is 8.67. The van der Waals surface area contributed by atoms with E-state index in [0.717, 1.165) is 10.9 Å². The highest BCUT2D eigenvalue weighted by Crippen LogP contribution is 2.39. The number of hydrogen-bond acceptors (Lipinski definition) is 11. The lowest BCUT2D eigenvalue weighted by atomic mass is 9.72. The van der Waals surface area contributed by atoms with Crippen LogP contribution in [0.5, 0.6) is 0 Å². The Morgan fingerprint density at radius 2 is 1.75 bits per heavy atom. The summed E-state index contributed by atoms with van der Waals surface area (Å²) in [5.41, 5.74) is 7.42. The molecule has 4 rings (SSSR count). The quantitative estimate of drug-likeness (QED) is 0.164. The molecule has 5 amide bonds. The number of rotatable bonds is 8. The SMILES string of the molecule is COC(C)(C)[C@]1(C(=O)O)C(=O)CCC(=O)N1C(=O)[C@@H]1CCCN1C(=O)[C@H](C)NC(=O)[C@H](C)N.Cc1cc(=O)oc2cc(C(N)=O)ccc12. The van der Waals surface area contributed by atoms with Gasteiger partial charge in [-0.15, -0.1) is 0 Å². The number of carbonyl (C=O) groups excluding carboxylic acids is 6. The number of ether oxygens (including phenoxy) is 1. The Balaban J connectivity index is 0.000000344. The number of carbonyl (C=O) groups is 7. The van der Waals surface area contributed by atoms with E-state index in [1.165, 1.54) is 51.8 Å². The number of hydrogen-bond donors (Lipinski definition) is 4. The minimum atomic E-state index is -2.58. The van der Waals surface area contributed by atoms with Crippen LogP contribution in [0.1, 0.15) is 69.3 Å². The highest BCUT2D eigenvalue weighted by atomic mass is 16.5. The number of Topliss-reactive ketones (excluding diaryl/α,β-unsaturated/α-hetero) is 1. The molecule has 0 unspecified atom stereocenters. The second kappa shape index (κ2) is 14.4. The lowest BCUT2D eigenvalue weighted by Crippen LogP contribution is -2.77. The Labute approximate surface area is 275 Å². The second-order valence-corrected chi connectivity index (χ2v) is 12.3. The van der Waals surface area contributed by atoms with Gasteiger partial charge < -0.3 is 35.9 Å². The summed E-state index contributed by atoms with van der Waals surface area (Å²) < 4.78 is 10.3. The van der Waals surface area contributed by atoms with Crippen LogP contribution in [-0.2, 0) is 33.5 Å². The molecule has 4 atom stereocenters. The van der Waals surface area contributed by atoms with Crippen molar-refractivity contribution in [3.8, 4) is 0 Å². The molecular formula is C32H41N5O11. The van der Waals surface area contributed by atoms with Gasteiger partial charge in [0.05, 0.1) is 6.04 Å². The monoisotopic (exact) mass is 671 g/mol. The Hall–Kier alpha value is -4.96. The highest BCUT2D eigenvalue weighted by molar-refractivity contribution is 6.19. The molecule has 2 aliphatic rings. The van der Waals surface area contributed by atoms with Gasteiger partial charge >= 0.3 is 11.6 Å². The molecule has 48 heavy (non-hydrogen) atoms. The number of piperidine rings is 1. The van der Waals surface area contributed by atoms with Gasteiger partial charge in [-0.1, -0.05) is 6.07 Å². The number of fused-ring (bicyclic) bond motifs is 1. The standard InChI is InChI=1S/C21H32N4O8.C11H9NO3/c1-11(22)16(28)23-12(2)17(29)24-10-6-7-13(24)18(30)25-15(27)9-8-14(26)21(25,19(31)32)20(3,4)33-5;1-6-4-10(13)15-9-5-7(11(12)14)2-3-8(6)9/h11-13H,6-10,22H2,1-5H3,(H,23,28)(H,31,32);2-5H,1H3,(H2,12,14)/t11-,12-,13-,21+;/m0./s1. The summed E-state index contributed by atoms with van der Waals surface area (Å²) in [4.78, 5) is 101. The number of aliphatic carboxylic acids is 1. The first kappa shape index (κ1) is 37.5. The molecule has 16 nitrogen and oxygen atoms in total. The fourth-order valence-electron chi connectivity index (χ4n) is 5.91. The number of nitrogens with two attached hydrogens (primary N) is 2. The van der Waals surface area contributed by atoms with E-state index >= 15 is 0 Å². The summed E-state index contributed by atoms with van der Waals surface area (Å²) >= 11 is 0. The Morgan fingerprint density at radius 1 is 1.10 bits per heavy atom. The highest BCUT2D eigenvalue weighted by Gasteiger charge is 2.67. The molecule has 0 aliphatic carbocycles. The van der Waals surface area contributed by atoms with Crippen molar-refractivity contribution in [2.75, 3.05) is 13.7 Å². The first-order valence-electron chi connectivity index (χ1n) is 15.2. The maximum absolute atomic E-state index is 13.6. The first-order chi connectivity index (χ1) is 22.3. The van der Waals surface area contributed by atoms with E-state index in [9.17, 15) is 43.5 Å². The number of ketones is 1. The number of carboxylic acid groups (broad SMARTS) is 1. The fourth-order valence-corrected chi connectivity index (χ4v) is 5.91. The Kier molecular flexibility index (Phi) is 11.3. The molecule has 2 fully saturated rings. The number of primary amides is 1. The van der Waals surface area contributed by atoms with Gasteiger partial charge in [0.1, 0.15) is 23.3 Å². The van der Waals surface area contributed by atoms with Crippen LogP contribution in [-0.4, -0.2) is 99.1 Å². The summed E-state index contributed by atoms with van der Waals surface area (Å²) in [5, 5.41) is 13.4. The van der Waals surface area contributed by atoms with E-state index in [-0.39, 0.29) is 25.8 Å². The van der Waals surface area contributed by atoms with Gasteiger partial charge in [0.15, 0.2) is 5.78 Å². The van der Waals surface area contributed by atoms with Crippen LogP contribution in [0.25, 0.3) is 11.0 Å². The van der Waals surface area contributed by atoms with E-state index < -0.39 is 76.2 Å². The third-order valence-electron chi connectivity index (χ3n) is 8.67. The summed E-state index contributed by atoms with van der Waals surface area (Å²) in [6, 6.07) is 3.19. The predicted molar refractivity (Wildman–Crippen MR) is 169 cm³/mol. The van der Waals surface area contributed by atoms with Crippen LogP contribution >= 0.6 is 0 Å². The summed E-state index contributed by atoms with van der Waals surface area (Å²) in [5.74, 6) is -5.98. The van der Waals surface area contributed by atoms with Gasteiger partial charge in [0.2, 0.25) is 29.2 Å². The zero-order valence-electron chi connectivity index (χ0n) is 27.7. The molecule has 0 spiro atoms. The van der Waals surface area contributed by atoms with Crippen LogP contribution in [0.4, 0.5) is 0 Å². The molecule has 1 aromatic carbocycles. The average molecular weight is 672 g/mol. The lowest BCUT2D eigenvalue weighted by molar-refractivity contribution is -0.195. The van der Waals surface area contributed by atoms with Gasteiger partial charge in [-0.25, -0.2) is 9.59 Å².